The quantitative estimate of drug-likeness (QED) is 0.584. The maximum absolute atomic E-state index is 11.2. The van der Waals surface area contributed by atoms with Crippen molar-refractivity contribution < 1.29 is 9.66 Å². The molecule has 1 aliphatic rings. The monoisotopic (exact) mass is 337 g/mol. The predicted octanol–water partition coefficient (Wildman–Crippen LogP) is 3.50. The van der Waals surface area contributed by atoms with Gasteiger partial charge in [-0.2, -0.15) is 0 Å². The summed E-state index contributed by atoms with van der Waals surface area (Å²) in [6.45, 7) is 2.95. The fourth-order valence-electron chi connectivity index (χ4n) is 3.55. The van der Waals surface area contributed by atoms with Crippen molar-refractivity contribution in [2.75, 3.05) is 26.3 Å². The Bertz CT molecular complexity index is 900. The molecule has 128 valence electrons. The summed E-state index contributed by atoms with van der Waals surface area (Å²) in [6, 6.07) is 15.1. The molecule has 6 heteroatoms. The zero-order valence-electron chi connectivity index (χ0n) is 13.7. The first-order chi connectivity index (χ1) is 12.2. The fourth-order valence-corrected chi connectivity index (χ4v) is 3.55. The molecule has 0 amide bonds. The Balaban J connectivity index is 1.84. The predicted molar refractivity (Wildman–Crippen MR) is 95.6 cm³/mol. The third-order valence-corrected chi connectivity index (χ3v) is 4.72. The van der Waals surface area contributed by atoms with Gasteiger partial charge in [0.2, 0.25) is 0 Å². The first-order valence-corrected chi connectivity index (χ1v) is 8.36. The van der Waals surface area contributed by atoms with Gasteiger partial charge in [-0.15, -0.1) is 0 Å². The molecule has 0 bridgehead atoms. The van der Waals surface area contributed by atoms with Crippen LogP contribution in [0.15, 0.2) is 54.7 Å². The average molecular weight is 337 g/mol. The number of rotatable bonds is 4. The van der Waals surface area contributed by atoms with Crippen LogP contribution in [0, 0.1) is 10.1 Å². The summed E-state index contributed by atoms with van der Waals surface area (Å²) < 4.78 is 5.49. The molecule has 25 heavy (non-hydrogen) atoms. The summed E-state index contributed by atoms with van der Waals surface area (Å²) >= 11 is 0. The van der Waals surface area contributed by atoms with E-state index in [0.29, 0.717) is 13.2 Å². The number of nitrogens with one attached hydrogen (secondary N) is 1. The lowest BCUT2D eigenvalue weighted by Crippen LogP contribution is -2.39. The molecule has 2 aromatic carbocycles. The van der Waals surface area contributed by atoms with Crippen molar-refractivity contribution in [3.8, 4) is 0 Å². The summed E-state index contributed by atoms with van der Waals surface area (Å²) in [5, 5.41) is 12.4. The molecular weight excluding hydrogens is 318 g/mol. The van der Waals surface area contributed by atoms with Gasteiger partial charge in [-0.25, -0.2) is 0 Å². The summed E-state index contributed by atoms with van der Waals surface area (Å²) in [5.74, 6) is 0. The van der Waals surface area contributed by atoms with Crippen LogP contribution in [0.5, 0.6) is 0 Å². The summed E-state index contributed by atoms with van der Waals surface area (Å²) in [6.07, 6.45) is 2.02. The Kier molecular flexibility index (Phi) is 4.21. The first-order valence-electron chi connectivity index (χ1n) is 8.36. The number of nitrogens with zero attached hydrogens (tertiary/aromatic N) is 2. The number of morpholine rings is 1. The van der Waals surface area contributed by atoms with Crippen molar-refractivity contribution in [2.45, 2.75) is 6.04 Å². The van der Waals surface area contributed by atoms with E-state index >= 15 is 0 Å². The van der Waals surface area contributed by atoms with Gasteiger partial charge >= 0.3 is 0 Å². The Labute approximate surface area is 145 Å². The second-order valence-electron chi connectivity index (χ2n) is 6.19. The van der Waals surface area contributed by atoms with E-state index in [1.54, 1.807) is 12.1 Å². The van der Waals surface area contributed by atoms with Crippen LogP contribution >= 0.6 is 0 Å². The number of fused-ring (bicyclic) bond motifs is 1. The van der Waals surface area contributed by atoms with Gasteiger partial charge in [-0.1, -0.05) is 30.3 Å². The van der Waals surface area contributed by atoms with E-state index in [1.807, 2.05) is 30.5 Å². The van der Waals surface area contributed by atoms with Crippen molar-refractivity contribution >= 4 is 16.6 Å². The van der Waals surface area contributed by atoms with E-state index in [4.69, 9.17) is 4.74 Å². The fraction of sp³-hybridized carbons (Fsp3) is 0.263. The van der Waals surface area contributed by atoms with Crippen molar-refractivity contribution in [1.82, 2.24) is 9.88 Å². The average Bonchev–Trinajstić information content (AvgIpc) is 3.07. The molecule has 1 N–H and O–H groups in total. The van der Waals surface area contributed by atoms with Crippen LogP contribution in [-0.2, 0) is 4.74 Å². The normalized spacial score (nSPS) is 16.8. The highest BCUT2D eigenvalue weighted by molar-refractivity contribution is 5.84. The van der Waals surface area contributed by atoms with E-state index in [2.05, 4.69) is 16.0 Å². The summed E-state index contributed by atoms with van der Waals surface area (Å²) in [5.41, 5.74) is 3.26. The third-order valence-electron chi connectivity index (χ3n) is 4.72. The summed E-state index contributed by atoms with van der Waals surface area (Å²) in [4.78, 5) is 16.5. The van der Waals surface area contributed by atoms with Gasteiger partial charge in [-0.05, 0) is 17.2 Å². The number of benzene rings is 2. The van der Waals surface area contributed by atoms with Crippen molar-refractivity contribution in [2.24, 2.45) is 0 Å². The number of aromatic nitrogens is 1. The molecule has 6 nitrogen and oxygen atoms in total. The molecule has 1 aliphatic heterocycles. The maximum atomic E-state index is 11.2. The van der Waals surface area contributed by atoms with Gasteiger partial charge in [-0.3, -0.25) is 15.0 Å². The molecule has 0 aliphatic carbocycles. The molecule has 0 radical (unpaired) electrons. The highest BCUT2D eigenvalue weighted by atomic mass is 16.6. The molecule has 3 aromatic rings. The lowest BCUT2D eigenvalue weighted by Gasteiger charge is -2.34. The van der Waals surface area contributed by atoms with E-state index in [-0.39, 0.29) is 16.7 Å². The van der Waals surface area contributed by atoms with Gasteiger partial charge in [0.05, 0.1) is 24.2 Å². The number of non-ortho nitro benzene ring substituents is 1. The van der Waals surface area contributed by atoms with Crippen LogP contribution in [-0.4, -0.2) is 41.1 Å². The minimum Gasteiger partial charge on any atom is -0.379 e. The Morgan fingerprint density at radius 3 is 2.72 bits per heavy atom. The topological polar surface area (TPSA) is 71.4 Å². The van der Waals surface area contributed by atoms with Gasteiger partial charge in [0.1, 0.15) is 0 Å². The highest BCUT2D eigenvalue weighted by Crippen LogP contribution is 2.35. The zero-order chi connectivity index (χ0) is 17.2. The van der Waals surface area contributed by atoms with E-state index in [9.17, 15) is 10.1 Å². The molecular formula is C19H19N3O3. The number of nitro benzene ring substituents is 1. The van der Waals surface area contributed by atoms with Crippen molar-refractivity contribution in [3.05, 3.63) is 76.0 Å². The largest absolute Gasteiger partial charge is 0.379 e. The molecule has 4 rings (SSSR count). The number of para-hydroxylation sites is 1. The van der Waals surface area contributed by atoms with Gasteiger partial charge in [0.25, 0.3) is 5.69 Å². The molecule has 0 saturated carbocycles. The third kappa shape index (κ3) is 3.01. The number of hydrogen-bond acceptors (Lipinski definition) is 4. The molecule has 2 heterocycles. The molecule has 1 aromatic heterocycles. The van der Waals surface area contributed by atoms with Crippen molar-refractivity contribution in [3.63, 3.8) is 0 Å². The Hall–Kier alpha value is -2.70. The molecule has 0 spiro atoms. The number of ether oxygens (including phenoxy) is 1. The van der Waals surface area contributed by atoms with E-state index in [0.717, 1.165) is 35.1 Å². The molecule has 1 fully saturated rings. The lowest BCUT2D eigenvalue weighted by atomic mass is 9.96. The number of nitro groups is 1. The Morgan fingerprint density at radius 1 is 1.12 bits per heavy atom. The highest BCUT2D eigenvalue weighted by Gasteiger charge is 2.27. The second kappa shape index (κ2) is 6.66. The minimum absolute atomic E-state index is 0.0417. The molecule has 1 unspecified atom stereocenters. The number of aromatic amines is 1. The molecule has 1 saturated heterocycles. The van der Waals surface area contributed by atoms with Crippen LogP contribution in [0.25, 0.3) is 10.9 Å². The number of H-pyrrole nitrogens is 1. The smallest absolute Gasteiger partial charge is 0.269 e. The van der Waals surface area contributed by atoms with E-state index < -0.39 is 0 Å². The van der Waals surface area contributed by atoms with E-state index in [1.165, 1.54) is 6.07 Å². The van der Waals surface area contributed by atoms with Crippen LogP contribution in [0.3, 0.4) is 0 Å². The minimum atomic E-state index is -0.338. The van der Waals surface area contributed by atoms with Gasteiger partial charge in [0.15, 0.2) is 0 Å². The van der Waals surface area contributed by atoms with Crippen molar-refractivity contribution in [1.29, 1.82) is 0 Å². The molecule has 1 atom stereocenters. The Morgan fingerprint density at radius 2 is 1.92 bits per heavy atom. The standard InChI is InChI=1S/C19H19N3O3/c23-22(24)15-5-3-4-14(12-15)19(21-8-10-25-11-9-21)17-13-20-18-7-2-1-6-16(17)18/h1-7,12-13,19-20H,8-11H2. The van der Waals surface area contributed by atoms with Crippen LogP contribution < -0.4 is 0 Å². The SMILES string of the molecule is O=[N+]([O-])c1cccc(C(c2c[nH]c3ccccc23)N2CCOCC2)c1. The zero-order valence-corrected chi connectivity index (χ0v) is 13.7. The van der Waals surface area contributed by atoms with Gasteiger partial charge in [0, 0.05) is 42.3 Å². The number of hydrogen-bond donors (Lipinski definition) is 1. The maximum Gasteiger partial charge on any atom is 0.269 e. The summed E-state index contributed by atoms with van der Waals surface area (Å²) in [7, 11) is 0. The van der Waals surface area contributed by atoms with Gasteiger partial charge < -0.3 is 9.72 Å². The van der Waals surface area contributed by atoms with Crippen LogP contribution in [0.1, 0.15) is 17.2 Å². The second-order valence-corrected chi connectivity index (χ2v) is 6.19. The van der Waals surface area contributed by atoms with Crippen LogP contribution in [0.2, 0.25) is 0 Å². The first kappa shape index (κ1) is 15.8. The van der Waals surface area contributed by atoms with Crippen LogP contribution in [0.4, 0.5) is 5.69 Å². The lowest BCUT2D eigenvalue weighted by molar-refractivity contribution is -0.384.